The number of hydrogen-bond acceptors (Lipinski definition) is 3. The molecule has 2 aromatic rings. The second-order valence-electron chi connectivity index (χ2n) is 4.36. The Morgan fingerprint density at radius 1 is 0.909 bits per heavy atom. The molecule has 1 unspecified atom stereocenters. The van der Waals surface area contributed by atoms with Gasteiger partial charge in [-0.1, -0.05) is 0 Å². The number of hydrogen-bond donors (Lipinski definition) is 2. The van der Waals surface area contributed by atoms with E-state index in [1.807, 2.05) is 0 Å². The minimum Gasteiger partial charge on any atom is -0.355 e. The first-order valence-electron chi connectivity index (χ1n) is 6.33. The molecule has 2 aromatic carbocycles. The lowest BCUT2D eigenvalue weighted by atomic mass is 10.1. The molecule has 0 spiro atoms. The normalized spacial score (nSPS) is 11.5. The predicted octanol–water partition coefficient (Wildman–Crippen LogP) is 2.56. The molecule has 2 N–H and O–H groups in total. The highest BCUT2D eigenvalue weighted by Gasteiger charge is 2.08. The van der Waals surface area contributed by atoms with Crippen molar-refractivity contribution >= 4 is 38.2 Å². The highest BCUT2D eigenvalue weighted by atomic mass is 35.7. The molecule has 2 amide bonds. The molecule has 0 saturated carbocycles. The fourth-order valence-corrected chi connectivity index (χ4v) is 2.42. The van der Waals surface area contributed by atoms with E-state index in [4.69, 9.17) is 10.7 Å². The van der Waals surface area contributed by atoms with Gasteiger partial charge in [-0.2, -0.15) is 0 Å². The third-order valence-corrected chi connectivity index (χ3v) is 4.11. The van der Waals surface area contributed by atoms with E-state index >= 15 is 0 Å². The Morgan fingerprint density at radius 2 is 1.41 bits per heavy atom. The molecule has 0 heterocycles. The lowest BCUT2D eigenvalue weighted by Crippen LogP contribution is -2.18. The average molecular weight is 337 g/mol. The summed E-state index contributed by atoms with van der Waals surface area (Å²) >= 11 is 0. The largest absolute Gasteiger partial charge is 0.355 e. The molecule has 0 radical (unpaired) electrons. The van der Waals surface area contributed by atoms with Crippen molar-refractivity contribution in [2.24, 2.45) is 0 Å². The van der Waals surface area contributed by atoms with Gasteiger partial charge in [0.05, 0.1) is 4.90 Å². The standard InChI is InChI=1S/C15H13ClN2O3S/c1-17-14(19)10-2-4-11(5-3-10)15(20)18-12-6-8-13(9-7-12)22(16)21/h2-9H,1H3,(H,17,19)(H,18,20). The monoisotopic (exact) mass is 336 g/mol. The van der Waals surface area contributed by atoms with Gasteiger partial charge in [0, 0.05) is 23.9 Å². The quantitative estimate of drug-likeness (QED) is 0.842. The van der Waals surface area contributed by atoms with Crippen LogP contribution in [0.2, 0.25) is 0 Å². The molecule has 2 rings (SSSR count). The van der Waals surface area contributed by atoms with Crippen molar-refractivity contribution in [2.45, 2.75) is 4.90 Å². The number of benzene rings is 2. The smallest absolute Gasteiger partial charge is 0.255 e. The first kappa shape index (κ1) is 16.2. The van der Waals surface area contributed by atoms with Gasteiger partial charge in [0.25, 0.3) is 11.8 Å². The summed E-state index contributed by atoms with van der Waals surface area (Å²) in [4.78, 5) is 24.0. The summed E-state index contributed by atoms with van der Waals surface area (Å²) in [5.74, 6) is -0.514. The number of anilines is 1. The number of carbonyl (C=O) groups excluding carboxylic acids is 2. The van der Waals surface area contributed by atoms with Crippen LogP contribution in [0.4, 0.5) is 5.69 Å². The van der Waals surface area contributed by atoms with Crippen molar-refractivity contribution in [3.63, 3.8) is 0 Å². The zero-order chi connectivity index (χ0) is 16.1. The molecule has 0 bridgehead atoms. The van der Waals surface area contributed by atoms with Crippen LogP contribution in [0.25, 0.3) is 0 Å². The maximum absolute atomic E-state index is 12.1. The fourth-order valence-electron chi connectivity index (χ4n) is 1.77. The van der Waals surface area contributed by atoms with Crippen molar-refractivity contribution in [3.8, 4) is 0 Å². The lowest BCUT2D eigenvalue weighted by molar-refractivity contribution is 0.0961. The maximum Gasteiger partial charge on any atom is 0.255 e. The highest BCUT2D eigenvalue weighted by molar-refractivity contribution is 8.08. The first-order valence-corrected chi connectivity index (χ1v) is 8.30. The number of nitrogens with one attached hydrogen (secondary N) is 2. The first-order chi connectivity index (χ1) is 10.5. The zero-order valence-electron chi connectivity index (χ0n) is 11.6. The summed E-state index contributed by atoms with van der Waals surface area (Å²) in [5.41, 5.74) is 1.47. The minimum absolute atomic E-state index is 0.211. The van der Waals surface area contributed by atoms with Gasteiger partial charge in [-0.15, -0.1) is 0 Å². The third kappa shape index (κ3) is 3.93. The Balaban J connectivity index is 2.08. The molecule has 5 nitrogen and oxygen atoms in total. The number of rotatable bonds is 4. The number of halogens is 1. The van der Waals surface area contributed by atoms with Gasteiger partial charge >= 0.3 is 0 Å². The molecular weight excluding hydrogens is 324 g/mol. The van der Waals surface area contributed by atoms with Crippen molar-refractivity contribution < 1.29 is 13.8 Å². The summed E-state index contributed by atoms with van der Waals surface area (Å²) in [6, 6.07) is 12.7. The molecule has 0 aliphatic carbocycles. The van der Waals surface area contributed by atoms with E-state index in [0.29, 0.717) is 21.7 Å². The van der Waals surface area contributed by atoms with Gasteiger partial charge in [-0.3, -0.25) is 9.59 Å². The molecule has 0 aliphatic rings. The van der Waals surface area contributed by atoms with Crippen LogP contribution < -0.4 is 10.6 Å². The minimum atomic E-state index is -1.57. The molecule has 0 aliphatic heterocycles. The van der Waals surface area contributed by atoms with E-state index in [-0.39, 0.29) is 11.8 Å². The second kappa shape index (κ2) is 7.20. The van der Waals surface area contributed by atoms with Crippen molar-refractivity contribution in [1.29, 1.82) is 0 Å². The zero-order valence-corrected chi connectivity index (χ0v) is 13.2. The number of carbonyl (C=O) groups is 2. The van der Waals surface area contributed by atoms with Gasteiger partial charge in [-0.25, -0.2) is 4.21 Å². The van der Waals surface area contributed by atoms with Gasteiger partial charge in [0.15, 0.2) is 0 Å². The van der Waals surface area contributed by atoms with Crippen LogP contribution in [0.5, 0.6) is 0 Å². The van der Waals surface area contributed by atoms with Gasteiger partial charge < -0.3 is 10.6 Å². The summed E-state index contributed by atoms with van der Waals surface area (Å²) in [6.45, 7) is 0. The molecule has 7 heteroatoms. The highest BCUT2D eigenvalue weighted by Crippen LogP contribution is 2.15. The van der Waals surface area contributed by atoms with E-state index in [9.17, 15) is 13.8 Å². The van der Waals surface area contributed by atoms with Crippen molar-refractivity contribution in [1.82, 2.24) is 5.32 Å². The van der Waals surface area contributed by atoms with E-state index in [1.165, 1.54) is 0 Å². The molecule has 114 valence electrons. The van der Waals surface area contributed by atoms with Crippen LogP contribution in [0.3, 0.4) is 0 Å². The molecule has 0 aromatic heterocycles. The van der Waals surface area contributed by atoms with Gasteiger partial charge in [0.1, 0.15) is 10.0 Å². The molecule has 1 atom stereocenters. The van der Waals surface area contributed by atoms with Crippen LogP contribution >= 0.6 is 10.7 Å². The summed E-state index contributed by atoms with van der Waals surface area (Å²) in [7, 11) is 5.43. The van der Waals surface area contributed by atoms with Crippen LogP contribution in [0, 0.1) is 0 Å². The van der Waals surface area contributed by atoms with Gasteiger partial charge in [0.2, 0.25) is 0 Å². The van der Waals surface area contributed by atoms with E-state index in [2.05, 4.69) is 10.6 Å². The second-order valence-corrected chi connectivity index (χ2v) is 6.12. The van der Waals surface area contributed by atoms with Crippen molar-refractivity contribution in [3.05, 3.63) is 59.7 Å². The molecule has 0 fully saturated rings. The Kier molecular flexibility index (Phi) is 5.30. The Bertz CT molecular complexity index is 715. The predicted molar refractivity (Wildman–Crippen MR) is 86.5 cm³/mol. The number of amides is 2. The van der Waals surface area contributed by atoms with E-state index < -0.39 is 10.0 Å². The average Bonchev–Trinajstić information content (AvgIpc) is 2.54. The van der Waals surface area contributed by atoms with Crippen LogP contribution in [0.15, 0.2) is 53.4 Å². The van der Waals surface area contributed by atoms with Crippen LogP contribution in [0.1, 0.15) is 20.7 Å². The molecular formula is C15H13ClN2O3S. The van der Waals surface area contributed by atoms with Crippen molar-refractivity contribution in [2.75, 3.05) is 12.4 Å². The fraction of sp³-hybridized carbons (Fsp3) is 0.0667. The maximum atomic E-state index is 12.1. The Labute approximate surface area is 134 Å². The van der Waals surface area contributed by atoms with E-state index in [1.54, 1.807) is 55.6 Å². The lowest BCUT2D eigenvalue weighted by Gasteiger charge is -2.06. The molecule has 0 saturated heterocycles. The van der Waals surface area contributed by atoms with E-state index in [0.717, 1.165) is 0 Å². The molecule has 22 heavy (non-hydrogen) atoms. The third-order valence-electron chi connectivity index (χ3n) is 2.93. The topological polar surface area (TPSA) is 75.3 Å². The summed E-state index contributed by atoms with van der Waals surface area (Å²) < 4.78 is 11.1. The Hall–Kier alpha value is -2.18. The van der Waals surface area contributed by atoms with Gasteiger partial charge in [-0.05, 0) is 59.2 Å². The Morgan fingerprint density at radius 3 is 1.86 bits per heavy atom. The summed E-state index contributed by atoms with van der Waals surface area (Å²) in [5, 5.41) is 5.21. The van der Waals surface area contributed by atoms with Crippen LogP contribution in [-0.4, -0.2) is 23.1 Å². The summed E-state index contributed by atoms with van der Waals surface area (Å²) in [6.07, 6.45) is 0. The van der Waals surface area contributed by atoms with Crippen LogP contribution in [-0.2, 0) is 10.0 Å². The SMILES string of the molecule is CNC(=O)c1ccc(C(=O)Nc2ccc(S(=O)Cl)cc2)cc1.